The fourth-order valence-electron chi connectivity index (χ4n) is 1.52. The van der Waals surface area contributed by atoms with E-state index in [0.717, 1.165) is 0 Å². The fraction of sp³-hybridized carbons (Fsp3) is 0.0833. The zero-order valence-corrected chi connectivity index (χ0v) is 10.1. The van der Waals surface area contributed by atoms with Crippen LogP contribution in [0.5, 0.6) is 0 Å². The van der Waals surface area contributed by atoms with E-state index < -0.39 is 35.0 Å². The van der Waals surface area contributed by atoms with E-state index in [9.17, 15) is 26.3 Å². The van der Waals surface area contributed by atoms with Gasteiger partial charge in [-0.05, 0) is 6.07 Å². The molecule has 0 unspecified atom stereocenters. The van der Waals surface area contributed by atoms with Crippen molar-refractivity contribution in [3.8, 4) is 0 Å². The monoisotopic (exact) mass is 307 g/mol. The molecule has 0 aliphatic heterocycles. The van der Waals surface area contributed by atoms with Gasteiger partial charge < -0.3 is 11.1 Å². The molecule has 0 aliphatic rings. The molecule has 0 saturated heterocycles. The number of nitrogens with zero attached hydrogens (tertiary/aromatic N) is 1. The second-order valence-corrected chi connectivity index (χ2v) is 4.03. The van der Waals surface area contributed by atoms with Crippen molar-refractivity contribution in [2.24, 2.45) is 0 Å². The second kappa shape index (κ2) is 5.15. The number of rotatable bonds is 2. The molecular weight excluding hydrogens is 300 g/mol. The molecule has 0 spiro atoms. The summed E-state index contributed by atoms with van der Waals surface area (Å²) in [5.41, 5.74) is 2.82. The average Bonchev–Trinajstić information content (AvgIpc) is 2.36. The summed E-state index contributed by atoms with van der Waals surface area (Å²) in [6.07, 6.45) is -4.03. The number of nitrogens with one attached hydrogen (secondary N) is 1. The third kappa shape index (κ3) is 3.18. The van der Waals surface area contributed by atoms with Crippen molar-refractivity contribution in [2.75, 3.05) is 11.1 Å². The van der Waals surface area contributed by atoms with E-state index >= 15 is 0 Å². The number of nitrogen functional groups attached to an aromatic ring is 1. The number of anilines is 3. The highest BCUT2D eigenvalue weighted by Gasteiger charge is 2.33. The number of alkyl halides is 3. The Balaban J connectivity index is 2.45. The van der Waals surface area contributed by atoms with E-state index in [-0.39, 0.29) is 11.4 Å². The van der Waals surface area contributed by atoms with Gasteiger partial charge in [0.2, 0.25) is 0 Å². The Morgan fingerprint density at radius 2 is 1.67 bits per heavy atom. The molecule has 2 rings (SSSR count). The van der Waals surface area contributed by atoms with Crippen LogP contribution >= 0.6 is 0 Å². The largest absolute Gasteiger partial charge is 0.433 e. The molecule has 0 aliphatic carbocycles. The van der Waals surface area contributed by atoms with E-state index in [2.05, 4.69) is 10.3 Å². The molecule has 2 aromatic rings. The first-order valence-electron chi connectivity index (χ1n) is 5.43. The molecule has 21 heavy (non-hydrogen) atoms. The third-order valence-corrected chi connectivity index (χ3v) is 2.49. The normalized spacial score (nSPS) is 11.5. The molecule has 3 N–H and O–H groups in total. The van der Waals surface area contributed by atoms with Gasteiger partial charge in [-0.2, -0.15) is 13.2 Å². The van der Waals surface area contributed by atoms with Gasteiger partial charge in [-0.1, -0.05) is 0 Å². The molecule has 1 heterocycles. The van der Waals surface area contributed by atoms with E-state index in [1.807, 2.05) is 0 Å². The summed E-state index contributed by atoms with van der Waals surface area (Å²) in [4.78, 5) is 3.08. The van der Waals surface area contributed by atoms with Gasteiger partial charge in [-0.3, -0.25) is 0 Å². The van der Waals surface area contributed by atoms with Crippen LogP contribution in [0.3, 0.4) is 0 Å². The molecule has 0 amide bonds. The smallest absolute Gasteiger partial charge is 0.396 e. The molecule has 0 atom stereocenters. The van der Waals surface area contributed by atoms with Gasteiger partial charge in [0.25, 0.3) is 0 Å². The molecule has 9 heteroatoms. The highest BCUT2D eigenvalue weighted by molar-refractivity contribution is 5.72. The maximum absolute atomic E-state index is 13.5. The van der Waals surface area contributed by atoms with Gasteiger partial charge in [-0.25, -0.2) is 18.2 Å². The van der Waals surface area contributed by atoms with Crippen LogP contribution in [0.1, 0.15) is 5.69 Å². The Kier molecular flexibility index (Phi) is 3.67. The quantitative estimate of drug-likeness (QED) is 0.654. The number of hydrogen-bond donors (Lipinski definition) is 2. The number of halogens is 6. The summed E-state index contributed by atoms with van der Waals surface area (Å²) < 4.78 is 77.1. The first-order valence-corrected chi connectivity index (χ1v) is 5.43. The van der Waals surface area contributed by atoms with E-state index in [0.29, 0.717) is 24.4 Å². The van der Waals surface area contributed by atoms with Gasteiger partial charge in [0.05, 0.1) is 23.3 Å². The Bertz CT molecular complexity index is 683. The third-order valence-electron chi connectivity index (χ3n) is 2.49. The number of nitrogens with two attached hydrogens (primary N) is 1. The summed E-state index contributed by atoms with van der Waals surface area (Å²) in [5.74, 6) is -4.03. The molecular formula is C12H7F6N3. The van der Waals surface area contributed by atoms with Crippen molar-refractivity contribution in [1.29, 1.82) is 0 Å². The summed E-state index contributed by atoms with van der Waals surface area (Å²) in [6, 6.07) is 1.40. The summed E-state index contributed by atoms with van der Waals surface area (Å²) in [6.45, 7) is 0. The number of benzene rings is 1. The minimum atomic E-state index is -4.74. The number of pyridine rings is 1. The molecule has 1 aromatic heterocycles. The lowest BCUT2D eigenvalue weighted by Crippen LogP contribution is -2.10. The van der Waals surface area contributed by atoms with Gasteiger partial charge in [0, 0.05) is 12.1 Å². The Morgan fingerprint density at radius 3 is 2.29 bits per heavy atom. The van der Waals surface area contributed by atoms with Crippen molar-refractivity contribution in [1.82, 2.24) is 4.98 Å². The SMILES string of the molecule is Nc1cnc(C(F)(F)F)cc1Nc1cc(F)cc(F)c1F. The maximum Gasteiger partial charge on any atom is 0.433 e. The fourth-order valence-corrected chi connectivity index (χ4v) is 1.52. The topological polar surface area (TPSA) is 50.9 Å². The number of aromatic nitrogens is 1. The van der Waals surface area contributed by atoms with Gasteiger partial charge >= 0.3 is 6.18 Å². The molecule has 1 aromatic carbocycles. The lowest BCUT2D eigenvalue weighted by atomic mass is 10.2. The summed E-state index contributed by atoms with van der Waals surface area (Å²) in [7, 11) is 0. The molecule has 0 bridgehead atoms. The zero-order chi connectivity index (χ0) is 15.8. The Hall–Kier alpha value is -2.45. The minimum absolute atomic E-state index is 0.243. The molecule has 0 saturated carbocycles. The van der Waals surface area contributed by atoms with Crippen LogP contribution in [0.4, 0.5) is 43.4 Å². The molecule has 3 nitrogen and oxygen atoms in total. The van der Waals surface area contributed by atoms with Crippen LogP contribution in [-0.2, 0) is 6.18 Å². The molecule has 0 radical (unpaired) electrons. The predicted molar refractivity (Wildman–Crippen MR) is 63.3 cm³/mol. The van der Waals surface area contributed by atoms with Crippen molar-refractivity contribution in [3.63, 3.8) is 0 Å². The summed E-state index contributed by atoms with van der Waals surface area (Å²) in [5, 5.41) is 2.11. The highest BCUT2D eigenvalue weighted by atomic mass is 19.4. The Morgan fingerprint density at radius 1 is 1.00 bits per heavy atom. The van der Waals surface area contributed by atoms with E-state index in [1.165, 1.54) is 0 Å². The van der Waals surface area contributed by atoms with Crippen LogP contribution < -0.4 is 11.1 Å². The number of hydrogen-bond acceptors (Lipinski definition) is 3. The van der Waals surface area contributed by atoms with Crippen molar-refractivity contribution in [3.05, 3.63) is 47.5 Å². The van der Waals surface area contributed by atoms with Crippen molar-refractivity contribution >= 4 is 17.1 Å². The Labute approximate surface area is 114 Å². The minimum Gasteiger partial charge on any atom is -0.396 e. The van der Waals surface area contributed by atoms with Gasteiger partial charge in [0.1, 0.15) is 11.5 Å². The first kappa shape index (κ1) is 14.9. The van der Waals surface area contributed by atoms with E-state index in [1.54, 1.807) is 0 Å². The lowest BCUT2D eigenvalue weighted by molar-refractivity contribution is -0.141. The predicted octanol–water partition coefficient (Wildman–Crippen LogP) is 3.84. The second-order valence-electron chi connectivity index (χ2n) is 4.03. The zero-order valence-electron chi connectivity index (χ0n) is 10.1. The van der Waals surface area contributed by atoms with E-state index in [4.69, 9.17) is 5.73 Å². The standard InChI is InChI=1S/C12H7F6N3/c13-5-1-6(14)11(15)9(2-5)21-8-3-10(12(16,17)18)20-4-7(8)19/h1-4H,19H2,(H,20,21). The van der Waals surface area contributed by atoms with Crippen LogP contribution in [0.15, 0.2) is 24.4 Å². The molecule has 0 fully saturated rings. The van der Waals surface area contributed by atoms with Gasteiger partial charge in [0.15, 0.2) is 11.6 Å². The lowest BCUT2D eigenvalue weighted by Gasteiger charge is -2.13. The van der Waals surface area contributed by atoms with Crippen LogP contribution in [-0.4, -0.2) is 4.98 Å². The van der Waals surface area contributed by atoms with Crippen LogP contribution in [0.2, 0.25) is 0 Å². The maximum atomic E-state index is 13.5. The average molecular weight is 307 g/mol. The van der Waals surface area contributed by atoms with Gasteiger partial charge in [-0.15, -0.1) is 0 Å². The summed E-state index contributed by atoms with van der Waals surface area (Å²) >= 11 is 0. The molecule has 112 valence electrons. The van der Waals surface area contributed by atoms with Crippen molar-refractivity contribution < 1.29 is 26.3 Å². The highest BCUT2D eigenvalue weighted by Crippen LogP contribution is 2.33. The first-order chi connectivity index (χ1) is 9.68. The van der Waals surface area contributed by atoms with Crippen LogP contribution in [0, 0.1) is 17.5 Å². The van der Waals surface area contributed by atoms with Crippen molar-refractivity contribution in [2.45, 2.75) is 6.18 Å². The van der Waals surface area contributed by atoms with Crippen LogP contribution in [0.25, 0.3) is 0 Å².